The Morgan fingerprint density at radius 3 is 2.68 bits per heavy atom. The van der Waals surface area contributed by atoms with Crippen molar-refractivity contribution in [3.05, 3.63) is 65.0 Å². The Morgan fingerprint density at radius 2 is 1.94 bits per heavy atom. The van der Waals surface area contributed by atoms with Gasteiger partial charge in [-0.05, 0) is 57.1 Å². The maximum absolute atomic E-state index is 12.6. The normalized spacial score (nSPS) is 15.0. The van der Waals surface area contributed by atoms with Gasteiger partial charge < -0.3 is 9.84 Å². The number of amides is 1. The average molecular weight is 439 g/mol. The summed E-state index contributed by atoms with van der Waals surface area (Å²) in [5, 5.41) is 7.55. The number of hydrogen-bond acceptors (Lipinski definition) is 6. The monoisotopic (exact) mass is 438 g/mol. The van der Waals surface area contributed by atoms with E-state index in [9.17, 15) is 9.59 Å². The molecule has 0 atom stereocenters. The van der Waals surface area contributed by atoms with Crippen LogP contribution in [0.3, 0.4) is 0 Å². The predicted molar refractivity (Wildman–Crippen MR) is 118 cm³/mol. The first-order chi connectivity index (χ1) is 15.0. The van der Waals surface area contributed by atoms with Crippen LogP contribution in [0.1, 0.15) is 36.0 Å². The Bertz CT molecular complexity index is 1090. The summed E-state index contributed by atoms with van der Waals surface area (Å²) >= 11 is 6.20. The molecule has 0 radical (unpaired) electrons. The van der Waals surface area contributed by atoms with Crippen molar-refractivity contribution < 1.29 is 14.1 Å². The number of nitrogens with zero attached hydrogens (tertiary/aromatic N) is 3. The highest BCUT2D eigenvalue weighted by molar-refractivity contribution is 6.33. The second kappa shape index (κ2) is 9.41. The van der Waals surface area contributed by atoms with E-state index in [2.05, 4.69) is 20.4 Å². The average Bonchev–Trinajstić information content (AvgIpc) is 3.23. The minimum Gasteiger partial charge on any atom is -0.338 e. The molecular formula is C23H23ClN4O3. The van der Waals surface area contributed by atoms with Gasteiger partial charge in [-0.1, -0.05) is 41.0 Å². The molecule has 1 aliphatic rings. The number of nitrogens with one attached hydrogen (secondary N) is 1. The van der Waals surface area contributed by atoms with Gasteiger partial charge in [-0.2, -0.15) is 4.98 Å². The number of aromatic nitrogens is 2. The lowest BCUT2D eigenvalue weighted by Gasteiger charge is -2.30. The van der Waals surface area contributed by atoms with E-state index < -0.39 is 0 Å². The quantitative estimate of drug-likeness (QED) is 0.572. The number of carbonyl (C=O) groups excluding carboxylic acids is 2. The fourth-order valence-electron chi connectivity index (χ4n) is 3.68. The molecule has 1 fully saturated rings. The van der Waals surface area contributed by atoms with Gasteiger partial charge in [0.15, 0.2) is 5.78 Å². The van der Waals surface area contributed by atoms with Crippen LogP contribution in [0.5, 0.6) is 0 Å². The summed E-state index contributed by atoms with van der Waals surface area (Å²) in [6.45, 7) is 3.56. The molecule has 8 heteroatoms. The number of rotatable bonds is 6. The number of halogens is 1. The molecule has 0 saturated carbocycles. The standard InChI is InChI=1S/C23H23ClN4O3/c1-15(29)17-5-4-6-18(13-17)25-23(30)16-9-11-28(12-10-16)14-21-26-22(27-31-21)19-7-2-3-8-20(19)24/h2-8,13,16H,9-12,14H2,1H3,(H,25,30). The van der Waals surface area contributed by atoms with Crippen molar-refractivity contribution in [2.75, 3.05) is 18.4 Å². The SMILES string of the molecule is CC(=O)c1cccc(NC(=O)C2CCN(Cc3nc(-c4ccccc4Cl)no3)CC2)c1. The molecule has 0 spiro atoms. The van der Waals surface area contributed by atoms with Gasteiger partial charge in [0.1, 0.15) is 0 Å². The van der Waals surface area contributed by atoms with Crippen molar-refractivity contribution in [3.8, 4) is 11.4 Å². The molecule has 1 aromatic heterocycles. The second-order valence-electron chi connectivity index (χ2n) is 7.67. The molecule has 4 rings (SSSR count). The van der Waals surface area contributed by atoms with E-state index in [1.54, 1.807) is 30.3 Å². The molecule has 0 unspecified atom stereocenters. The lowest BCUT2D eigenvalue weighted by molar-refractivity contribution is -0.121. The smallest absolute Gasteiger partial charge is 0.241 e. The van der Waals surface area contributed by atoms with Gasteiger partial charge in [0.25, 0.3) is 0 Å². The van der Waals surface area contributed by atoms with Crippen molar-refractivity contribution >= 4 is 29.0 Å². The molecule has 0 aliphatic carbocycles. The minimum atomic E-state index is -0.0707. The molecule has 1 aliphatic heterocycles. The molecule has 1 N–H and O–H groups in total. The number of hydrogen-bond donors (Lipinski definition) is 1. The molecule has 1 saturated heterocycles. The van der Waals surface area contributed by atoms with Crippen molar-refractivity contribution in [3.63, 3.8) is 0 Å². The third-order valence-corrected chi connectivity index (χ3v) is 5.77. The largest absolute Gasteiger partial charge is 0.338 e. The number of piperidine rings is 1. The zero-order chi connectivity index (χ0) is 21.8. The molecule has 0 bridgehead atoms. The van der Waals surface area contributed by atoms with Crippen LogP contribution in [-0.4, -0.2) is 39.8 Å². The minimum absolute atomic E-state index is 0.0147. The van der Waals surface area contributed by atoms with Gasteiger partial charge in [-0.25, -0.2) is 0 Å². The molecule has 160 valence electrons. The maximum Gasteiger partial charge on any atom is 0.241 e. The Balaban J connectivity index is 1.30. The molecule has 3 aromatic rings. The van der Waals surface area contributed by atoms with Gasteiger partial charge in [0.05, 0.1) is 11.6 Å². The highest BCUT2D eigenvalue weighted by atomic mass is 35.5. The maximum atomic E-state index is 12.6. The topological polar surface area (TPSA) is 88.3 Å². The van der Waals surface area contributed by atoms with Gasteiger partial charge in [-0.15, -0.1) is 0 Å². The van der Waals surface area contributed by atoms with Crippen LogP contribution in [0.15, 0.2) is 53.1 Å². The van der Waals surface area contributed by atoms with Gasteiger partial charge in [0.2, 0.25) is 17.6 Å². The van der Waals surface area contributed by atoms with E-state index in [-0.39, 0.29) is 17.6 Å². The number of carbonyl (C=O) groups is 2. The zero-order valence-electron chi connectivity index (χ0n) is 17.2. The van der Waals surface area contributed by atoms with Crippen LogP contribution in [0.4, 0.5) is 5.69 Å². The van der Waals surface area contributed by atoms with Gasteiger partial charge in [-0.3, -0.25) is 14.5 Å². The summed E-state index contributed by atoms with van der Waals surface area (Å²) in [6, 6.07) is 14.4. The number of likely N-dealkylation sites (tertiary alicyclic amines) is 1. The number of anilines is 1. The lowest BCUT2D eigenvalue weighted by atomic mass is 9.95. The number of benzene rings is 2. The molecule has 2 heterocycles. The first-order valence-electron chi connectivity index (χ1n) is 10.2. The van der Waals surface area contributed by atoms with Crippen molar-refractivity contribution in [1.29, 1.82) is 0 Å². The van der Waals surface area contributed by atoms with Crippen LogP contribution < -0.4 is 5.32 Å². The summed E-state index contributed by atoms with van der Waals surface area (Å²) in [5.41, 5.74) is 1.98. The van der Waals surface area contributed by atoms with E-state index in [1.165, 1.54) is 6.92 Å². The number of Topliss-reactive ketones (excluding diaryl/α,β-unsaturated/α-hetero) is 1. The molecule has 7 nitrogen and oxygen atoms in total. The van der Waals surface area contributed by atoms with E-state index in [0.29, 0.717) is 34.5 Å². The Kier molecular flexibility index (Phi) is 6.44. The Hall–Kier alpha value is -3.03. The molecular weight excluding hydrogens is 416 g/mol. The van der Waals surface area contributed by atoms with Crippen LogP contribution in [0, 0.1) is 5.92 Å². The molecule has 2 aromatic carbocycles. The lowest BCUT2D eigenvalue weighted by Crippen LogP contribution is -2.37. The van der Waals surface area contributed by atoms with E-state index >= 15 is 0 Å². The molecule has 1 amide bonds. The first-order valence-corrected chi connectivity index (χ1v) is 10.6. The van der Waals surface area contributed by atoms with Crippen molar-refractivity contribution in [1.82, 2.24) is 15.0 Å². The zero-order valence-corrected chi connectivity index (χ0v) is 17.9. The first kappa shape index (κ1) is 21.2. The predicted octanol–water partition coefficient (Wildman–Crippen LogP) is 4.44. The van der Waals surface area contributed by atoms with E-state index in [4.69, 9.17) is 16.1 Å². The fourth-order valence-corrected chi connectivity index (χ4v) is 3.90. The highest BCUT2D eigenvalue weighted by Crippen LogP contribution is 2.26. The van der Waals surface area contributed by atoms with Crippen LogP contribution >= 0.6 is 11.6 Å². The van der Waals surface area contributed by atoms with Crippen LogP contribution in [0.2, 0.25) is 5.02 Å². The van der Waals surface area contributed by atoms with Crippen molar-refractivity contribution in [2.24, 2.45) is 5.92 Å². The second-order valence-corrected chi connectivity index (χ2v) is 8.08. The van der Waals surface area contributed by atoms with Crippen molar-refractivity contribution in [2.45, 2.75) is 26.3 Å². The summed E-state index contributed by atoms with van der Waals surface area (Å²) in [5.74, 6) is 0.891. The van der Waals surface area contributed by atoms with E-state index in [1.807, 2.05) is 18.2 Å². The summed E-state index contributed by atoms with van der Waals surface area (Å²) in [7, 11) is 0. The van der Waals surface area contributed by atoms with Gasteiger partial charge in [0, 0.05) is 22.7 Å². The summed E-state index contributed by atoms with van der Waals surface area (Å²) in [4.78, 5) is 30.8. The van der Waals surface area contributed by atoms with E-state index in [0.717, 1.165) is 31.5 Å². The summed E-state index contributed by atoms with van der Waals surface area (Å²) < 4.78 is 5.39. The number of ketones is 1. The Morgan fingerprint density at radius 1 is 1.16 bits per heavy atom. The third kappa shape index (κ3) is 5.18. The summed E-state index contributed by atoms with van der Waals surface area (Å²) in [6.07, 6.45) is 1.48. The Labute approximate surface area is 185 Å². The fraction of sp³-hybridized carbons (Fsp3) is 0.304. The van der Waals surface area contributed by atoms with Gasteiger partial charge >= 0.3 is 0 Å². The highest BCUT2D eigenvalue weighted by Gasteiger charge is 2.26. The third-order valence-electron chi connectivity index (χ3n) is 5.44. The van der Waals surface area contributed by atoms with Crippen LogP contribution in [-0.2, 0) is 11.3 Å². The molecule has 31 heavy (non-hydrogen) atoms. The van der Waals surface area contributed by atoms with Crippen LogP contribution in [0.25, 0.3) is 11.4 Å².